The fourth-order valence-corrected chi connectivity index (χ4v) is 2.16. The zero-order valence-electron chi connectivity index (χ0n) is 12.0. The summed E-state index contributed by atoms with van der Waals surface area (Å²) in [6.07, 6.45) is 4.57. The molecule has 1 atom stereocenters. The van der Waals surface area contributed by atoms with Crippen LogP contribution in [0.2, 0.25) is 6.32 Å². The lowest BCUT2D eigenvalue weighted by Crippen LogP contribution is -2.44. The Hall–Kier alpha value is -0.755. The summed E-state index contributed by atoms with van der Waals surface area (Å²) in [5.41, 5.74) is 6.04. The second-order valence-electron chi connectivity index (χ2n) is 4.99. The van der Waals surface area contributed by atoms with Crippen molar-refractivity contribution in [1.29, 1.82) is 0 Å². The number of nitrogens with one attached hydrogen (secondary N) is 1. The van der Waals surface area contributed by atoms with Gasteiger partial charge >= 0.3 is 13.3 Å². The largest absolute Gasteiger partial charge is 0.451 e. The van der Waals surface area contributed by atoms with Gasteiger partial charge in [0, 0.05) is 32.2 Å². The Balaban J connectivity index is 0.00000110. The highest BCUT2D eigenvalue weighted by Gasteiger charge is 2.11. The number of nitrogens with two attached hydrogens (primary N) is 1. The van der Waals surface area contributed by atoms with Crippen LogP contribution in [-0.4, -0.2) is 67.0 Å². The maximum Gasteiger partial charge on any atom is 0.451 e. The van der Waals surface area contributed by atoms with Gasteiger partial charge in [0.25, 0.3) is 0 Å². The summed E-state index contributed by atoms with van der Waals surface area (Å²) in [4.78, 5) is 18.7. The lowest BCUT2D eigenvalue weighted by Gasteiger charge is -2.28. The SMILES string of the molecule is NC(CCCCB(O)O)CCN1CCNCC1.O=C=O. The molecule has 116 valence electrons. The molecule has 0 aliphatic carbocycles. The van der Waals surface area contributed by atoms with Gasteiger partial charge in [0.2, 0.25) is 0 Å². The number of rotatable bonds is 8. The summed E-state index contributed by atoms with van der Waals surface area (Å²) < 4.78 is 0. The van der Waals surface area contributed by atoms with Crippen molar-refractivity contribution in [2.75, 3.05) is 32.7 Å². The Kier molecular flexibility index (Phi) is 12.7. The van der Waals surface area contributed by atoms with Crippen LogP contribution in [0.3, 0.4) is 0 Å². The number of piperazine rings is 1. The molecule has 1 saturated heterocycles. The van der Waals surface area contributed by atoms with Crippen molar-refractivity contribution in [2.45, 2.75) is 38.0 Å². The molecule has 0 saturated carbocycles. The molecule has 1 aliphatic heterocycles. The first-order chi connectivity index (χ1) is 9.60. The van der Waals surface area contributed by atoms with Crippen molar-refractivity contribution >= 4 is 13.3 Å². The summed E-state index contributed by atoms with van der Waals surface area (Å²) in [6.45, 7) is 5.52. The van der Waals surface area contributed by atoms with Crippen molar-refractivity contribution < 1.29 is 19.6 Å². The van der Waals surface area contributed by atoms with Crippen molar-refractivity contribution in [2.24, 2.45) is 5.73 Å². The van der Waals surface area contributed by atoms with E-state index in [1.807, 2.05) is 0 Å². The number of nitrogens with zero attached hydrogens (tertiary/aromatic N) is 1. The zero-order chi connectivity index (χ0) is 15.2. The molecule has 8 heteroatoms. The third kappa shape index (κ3) is 12.3. The Morgan fingerprint density at radius 3 is 2.35 bits per heavy atom. The first-order valence-electron chi connectivity index (χ1n) is 7.14. The van der Waals surface area contributed by atoms with Gasteiger partial charge in [-0.2, -0.15) is 9.59 Å². The first kappa shape index (κ1) is 19.2. The predicted octanol–water partition coefficient (Wildman–Crippen LogP) is -1.33. The smallest absolute Gasteiger partial charge is 0.427 e. The molecule has 1 rings (SSSR count). The fourth-order valence-electron chi connectivity index (χ4n) is 2.16. The first-order valence-corrected chi connectivity index (χ1v) is 7.14. The molecule has 0 bridgehead atoms. The Morgan fingerprint density at radius 2 is 1.80 bits per heavy atom. The highest BCUT2D eigenvalue weighted by molar-refractivity contribution is 6.40. The predicted molar refractivity (Wildman–Crippen MR) is 75.8 cm³/mol. The van der Waals surface area contributed by atoms with Gasteiger partial charge in [-0.3, -0.25) is 0 Å². The lowest BCUT2D eigenvalue weighted by molar-refractivity contribution is -0.191. The van der Waals surface area contributed by atoms with Crippen molar-refractivity contribution in [3.05, 3.63) is 0 Å². The molecular formula is C12H26BN3O4. The van der Waals surface area contributed by atoms with E-state index in [0.717, 1.165) is 58.4 Å². The van der Waals surface area contributed by atoms with E-state index in [9.17, 15) is 0 Å². The molecule has 1 fully saturated rings. The molecule has 1 heterocycles. The molecule has 0 aromatic rings. The van der Waals surface area contributed by atoms with Crippen LogP contribution in [0.15, 0.2) is 0 Å². The molecule has 1 unspecified atom stereocenters. The lowest BCUT2D eigenvalue weighted by atomic mass is 9.83. The molecular weight excluding hydrogens is 261 g/mol. The van der Waals surface area contributed by atoms with Crippen LogP contribution in [0.5, 0.6) is 0 Å². The van der Waals surface area contributed by atoms with E-state index in [0.29, 0.717) is 6.32 Å². The maximum atomic E-state index is 8.70. The van der Waals surface area contributed by atoms with E-state index in [1.165, 1.54) is 0 Å². The summed E-state index contributed by atoms with van der Waals surface area (Å²) in [6, 6.07) is 0.251. The maximum absolute atomic E-state index is 8.70. The summed E-state index contributed by atoms with van der Waals surface area (Å²) in [7, 11) is -1.16. The van der Waals surface area contributed by atoms with E-state index < -0.39 is 7.12 Å². The average Bonchev–Trinajstić information content (AvgIpc) is 2.43. The quantitative estimate of drug-likeness (QED) is 0.323. The van der Waals surface area contributed by atoms with Gasteiger partial charge in [0.05, 0.1) is 0 Å². The van der Waals surface area contributed by atoms with E-state index in [2.05, 4.69) is 10.2 Å². The number of hydrogen-bond donors (Lipinski definition) is 4. The normalized spacial score (nSPS) is 16.8. The van der Waals surface area contributed by atoms with Gasteiger partial charge in [0.15, 0.2) is 0 Å². The highest BCUT2D eigenvalue weighted by Crippen LogP contribution is 2.07. The van der Waals surface area contributed by atoms with Gasteiger partial charge in [-0.05, 0) is 25.7 Å². The minimum atomic E-state index is -1.16. The van der Waals surface area contributed by atoms with Crippen molar-refractivity contribution in [3.8, 4) is 0 Å². The van der Waals surface area contributed by atoms with Crippen LogP contribution in [-0.2, 0) is 9.59 Å². The monoisotopic (exact) mass is 287 g/mol. The van der Waals surface area contributed by atoms with Gasteiger partial charge in [-0.25, -0.2) is 0 Å². The van der Waals surface area contributed by atoms with Crippen molar-refractivity contribution in [3.63, 3.8) is 0 Å². The molecule has 0 radical (unpaired) electrons. The molecule has 0 aromatic carbocycles. The van der Waals surface area contributed by atoms with Crippen LogP contribution in [0, 0.1) is 0 Å². The topological polar surface area (TPSA) is 116 Å². The molecule has 0 aromatic heterocycles. The Labute approximate surface area is 120 Å². The number of hydrogen-bond acceptors (Lipinski definition) is 7. The molecule has 1 aliphatic rings. The third-order valence-electron chi connectivity index (χ3n) is 3.31. The second kappa shape index (κ2) is 13.2. The van der Waals surface area contributed by atoms with Gasteiger partial charge in [-0.1, -0.05) is 12.8 Å². The summed E-state index contributed by atoms with van der Waals surface area (Å²) in [5, 5.41) is 20.7. The highest BCUT2D eigenvalue weighted by atomic mass is 16.4. The Bertz CT molecular complexity index is 257. The van der Waals surface area contributed by atoms with Crippen LogP contribution in [0.25, 0.3) is 0 Å². The summed E-state index contributed by atoms with van der Waals surface area (Å²) in [5.74, 6) is 0. The minimum Gasteiger partial charge on any atom is -0.427 e. The zero-order valence-corrected chi connectivity index (χ0v) is 12.0. The van der Waals surface area contributed by atoms with E-state index in [1.54, 1.807) is 0 Å². The molecule has 20 heavy (non-hydrogen) atoms. The standard InChI is InChI=1S/C11H26BN3O2.CO2/c13-11(3-1-2-5-12(16)17)4-8-15-9-6-14-7-10-15;2-1-3/h11,14,16-17H,1-10,13H2;. The van der Waals surface area contributed by atoms with Crippen molar-refractivity contribution in [1.82, 2.24) is 10.2 Å². The van der Waals surface area contributed by atoms with Gasteiger partial charge in [-0.15, -0.1) is 0 Å². The van der Waals surface area contributed by atoms with Crippen LogP contribution in [0.1, 0.15) is 25.7 Å². The second-order valence-corrected chi connectivity index (χ2v) is 4.99. The van der Waals surface area contributed by atoms with Crippen LogP contribution >= 0.6 is 0 Å². The van der Waals surface area contributed by atoms with E-state index in [-0.39, 0.29) is 12.2 Å². The summed E-state index contributed by atoms with van der Waals surface area (Å²) >= 11 is 0. The van der Waals surface area contributed by atoms with Gasteiger partial charge in [0.1, 0.15) is 0 Å². The Morgan fingerprint density at radius 1 is 1.20 bits per heavy atom. The number of unbranched alkanes of at least 4 members (excludes halogenated alkanes) is 1. The van der Waals surface area contributed by atoms with E-state index >= 15 is 0 Å². The number of carbonyl (C=O) groups excluding carboxylic acids is 2. The minimum absolute atomic E-state index is 0.250. The fraction of sp³-hybridized carbons (Fsp3) is 0.917. The molecule has 0 amide bonds. The third-order valence-corrected chi connectivity index (χ3v) is 3.31. The van der Waals surface area contributed by atoms with Crippen LogP contribution < -0.4 is 11.1 Å². The molecule has 7 nitrogen and oxygen atoms in total. The average molecular weight is 287 g/mol. The van der Waals surface area contributed by atoms with Crippen LogP contribution in [0.4, 0.5) is 0 Å². The van der Waals surface area contributed by atoms with Gasteiger partial charge < -0.3 is 26.0 Å². The van der Waals surface area contributed by atoms with E-state index in [4.69, 9.17) is 25.4 Å². The molecule has 5 N–H and O–H groups in total. The molecule has 0 spiro atoms.